The number of carbonyl (C=O) groups is 1. The summed E-state index contributed by atoms with van der Waals surface area (Å²) in [6.45, 7) is 0.425. The molecule has 0 aliphatic carbocycles. The minimum absolute atomic E-state index is 0.00634. The molecule has 2 N–H and O–H groups in total. The van der Waals surface area contributed by atoms with Crippen molar-refractivity contribution in [1.29, 1.82) is 5.26 Å². The Morgan fingerprint density at radius 3 is 2.81 bits per heavy atom. The normalized spacial score (nSPS) is 11.3. The lowest BCUT2D eigenvalue weighted by Crippen LogP contribution is -2.26. The molecule has 0 saturated heterocycles. The van der Waals surface area contributed by atoms with E-state index in [1.54, 1.807) is 18.2 Å². The van der Waals surface area contributed by atoms with Crippen LogP contribution in [0.3, 0.4) is 0 Å². The average Bonchev–Trinajstić information content (AvgIpc) is 3.04. The van der Waals surface area contributed by atoms with Gasteiger partial charge in [0, 0.05) is 33.7 Å². The zero-order chi connectivity index (χ0) is 18.5. The van der Waals surface area contributed by atoms with Gasteiger partial charge in [0.1, 0.15) is 11.6 Å². The molecule has 0 fully saturated rings. The van der Waals surface area contributed by atoms with Gasteiger partial charge in [0.15, 0.2) is 0 Å². The summed E-state index contributed by atoms with van der Waals surface area (Å²) in [4.78, 5) is 15.5. The number of para-hydroxylation sites is 1. The van der Waals surface area contributed by atoms with Gasteiger partial charge in [-0.05, 0) is 41.8 Å². The monoisotopic (exact) mass is 383 g/mol. The van der Waals surface area contributed by atoms with Crippen LogP contribution in [0.25, 0.3) is 17.0 Å². The number of nitriles is 1. The number of hydrogen-bond donors (Lipinski definition) is 2. The first-order valence-corrected chi connectivity index (χ1v) is 8.74. The van der Waals surface area contributed by atoms with E-state index in [0.29, 0.717) is 28.6 Å². The van der Waals surface area contributed by atoms with Crippen molar-refractivity contribution in [3.8, 4) is 6.07 Å². The predicted octanol–water partition coefficient (Wildman–Crippen LogP) is 4.74. The van der Waals surface area contributed by atoms with E-state index in [-0.39, 0.29) is 5.57 Å². The van der Waals surface area contributed by atoms with E-state index in [4.69, 9.17) is 23.2 Å². The Bertz CT molecular complexity index is 1030. The van der Waals surface area contributed by atoms with Crippen LogP contribution >= 0.6 is 23.2 Å². The Morgan fingerprint density at radius 1 is 1.23 bits per heavy atom. The Kier molecular flexibility index (Phi) is 5.62. The number of amides is 1. The first kappa shape index (κ1) is 18.1. The summed E-state index contributed by atoms with van der Waals surface area (Å²) in [7, 11) is 0. The van der Waals surface area contributed by atoms with Gasteiger partial charge in [-0.25, -0.2) is 0 Å². The molecule has 0 bridgehead atoms. The number of halogens is 2. The SMILES string of the molecule is N#C/C(=C/c1ccc(Cl)cc1Cl)C(=O)NCCc1c[nH]c2ccccc12. The van der Waals surface area contributed by atoms with Crippen molar-refractivity contribution in [2.24, 2.45) is 0 Å². The van der Waals surface area contributed by atoms with Crippen LogP contribution < -0.4 is 5.32 Å². The van der Waals surface area contributed by atoms with Gasteiger partial charge in [-0.1, -0.05) is 47.5 Å². The van der Waals surface area contributed by atoms with E-state index in [1.165, 1.54) is 6.08 Å². The highest BCUT2D eigenvalue weighted by atomic mass is 35.5. The summed E-state index contributed by atoms with van der Waals surface area (Å²) in [6, 6.07) is 14.8. The summed E-state index contributed by atoms with van der Waals surface area (Å²) in [6.07, 6.45) is 4.06. The highest BCUT2D eigenvalue weighted by Crippen LogP contribution is 2.23. The molecule has 0 atom stereocenters. The first-order valence-electron chi connectivity index (χ1n) is 7.98. The van der Waals surface area contributed by atoms with Crippen LogP contribution in [0.4, 0.5) is 0 Å². The number of rotatable bonds is 5. The zero-order valence-corrected chi connectivity index (χ0v) is 15.2. The Balaban J connectivity index is 1.66. The number of carbonyl (C=O) groups excluding carboxylic acids is 1. The summed E-state index contributed by atoms with van der Waals surface area (Å²) in [5, 5.41) is 14.1. The summed E-state index contributed by atoms with van der Waals surface area (Å²) in [5.74, 6) is -0.432. The van der Waals surface area contributed by atoms with E-state index in [2.05, 4.69) is 10.3 Å². The lowest BCUT2D eigenvalue weighted by Gasteiger charge is -2.05. The first-order chi connectivity index (χ1) is 12.6. The molecular weight excluding hydrogens is 369 g/mol. The third kappa shape index (κ3) is 4.08. The summed E-state index contributed by atoms with van der Waals surface area (Å²) in [5.41, 5.74) is 2.74. The topological polar surface area (TPSA) is 68.7 Å². The molecule has 6 heteroatoms. The smallest absolute Gasteiger partial charge is 0.261 e. The number of aromatic nitrogens is 1. The third-order valence-electron chi connectivity index (χ3n) is 3.98. The van der Waals surface area contributed by atoms with E-state index in [0.717, 1.165) is 16.5 Å². The molecule has 1 aromatic heterocycles. The lowest BCUT2D eigenvalue weighted by atomic mass is 10.1. The molecule has 0 saturated carbocycles. The van der Waals surface area contributed by atoms with Crippen LogP contribution in [0.1, 0.15) is 11.1 Å². The van der Waals surface area contributed by atoms with Crippen LogP contribution in [0.15, 0.2) is 54.2 Å². The highest BCUT2D eigenvalue weighted by Gasteiger charge is 2.10. The van der Waals surface area contributed by atoms with Crippen LogP contribution in [0.5, 0.6) is 0 Å². The number of aromatic amines is 1. The van der Waals surface area contributed by atoms with Crippen molar-refractivity contribution in [1.82, 2.24) is 10.3 Å². The van der Waals surface area contributed by atoms with E-state index >= 15 is 0 Å². The molecule has 4 nitrogen and oxygen atoms in total. The molecule has 130 valence electrons. The molecule has 3 rings (SSSR count). The lowest BCUT2D eigenvalue weighted by molar-refractivity contribution is -0.117. The second kappa shape index (κ2) is 8.09. The van der Waals surface area contributed by atoms with Gasteiger partial charge in [0.05, 0.1) is 0 Å². The molecule has 0 aliphatic heterocycles. The van der Waals surface area contributed by atoms with Gasteiger partial charge in [0.25, 0.3) is 5.91 Å². The largest absolute Gasteiger partial charge is 0.361 e. The van der Waals surface area contributed by atoms with Crippen LogP contribution in [0.2, 0.25) is 10.0 Å². The van der Waals surface area contributed by atoms with Crippen LogP contribution in [-0.4, -0.2) is 17.4 Å². The van der Waals surface area contributed by atoms with Crippen molar-refractivity contribution in [2.45, 2.75) is 6.42 Å². The number of hydrogen-bond acceptors (Lipinski definition) is 2. The van der Waals surface area contributed by atoms with E-state index in [9.17, 15) is 10.1 Å². The molecule has 1 heterocycles. The van der Waals surface area contributed by atoms with Gasteiger partial charge in [-0.15, -0.1) is 0 Å². The van der Waals surface area contributed by atoms with Crippen LogP contribution in [-0.2, 0) is 11.2 Å². The Hall–Kier alpha value is -2.74. The second-order valence-corrected chi connectivity index (χ2v) is 6.54. The number of H-pyrrole nitrogens is 1. The van der Waals surface area contributed by atoms with E-state index < -0.39 is 5.91 Å². The fraction of sp³-hybridized carbons (Fsp3) is 0.100. The molecule has 2 aromatic carbocycles. The summed E-state index contributed by atoms with van der Waals surface area (Å²) >= 11 is 11.9. The second-order valence-electron chi connectivity index (χ2n) is 5.70. The van der Waals surface area contributed by atoms with Gasteiger partial charge in [-0.2, -0.15) is 5.26 Å². The van der Waals surface area contributed by atoms with Crippen LogP contribution in [0, 0.1) is 11.3 Å². The molecular formula is C20H15Cl2N3O. The maximum atomic E-state index is 12.3. The molecule has 0 unspecified atom stereocenters. The van der Waals surface area contributed by atoms with Gasteiger partial charge >= 0.3 is 0 Å². The highest BCUT2D eigenvalue weighted by molar-refractivity contribution is 6.35. The maximum absolute atomic E-state index is 12.3. The van der Waals surface area contributed by atoms with Gasteiger partial charge in [0.2, 0.25) is 0 Å². The molecule has 0 aliphatic rings. The van der Waals surface area contributed by atoms with E-state index in [1.807, 2.05) is 36.5 Å². The number of nitrogens with zero attached hydrogens (tertiary/aromatic N) is 1. The molecule has 0 radical (unpaired) electrons. The number of benzene rings is 2. The van der Waals surface area contributed by atoms with Crippen molar-refractivity contribution in [3.05, 3.63) is 75.4 Å². The van der Waals surface area contributed by atoms with Crippen molar-refractivity contribution < 1.29 is 4.79 Å². The zero-order valence-electron chi connectivity index (χ0n) is 13.7. The Morgan fingerprint density at radius 2 is 2.04 bits per heavy atom. The standard InChI is InChI=1S/C20H15Cl2N3O/c21-16-6-5-13(18(22)10-16)9-15(11-23)20(26)24-8-7-14-12-25-19-4-2-1-3-17(14)19/h1-6,9-10,12,25H,7-8H2,(H,24,26)/b15-9-. The summed E-state index contributed by atoms with van der Waals surface area (Å²) < 4.78 is 0. The third-order valence-corrected chi connectivity index (χ3v) is 4.54. The molecule has 1 amide bonds. The molecule has 26 heavy (non-hydrogen) atoms. The average molecular weight is 384 g/mol. The maximum Gasteiger partial charge on any atom is 0.261 e. The fourth-order valence-electron chi connectivity index (χ4n) is 2.67. The number of fused-ring (bicyclic) bond motifs is 1. The Labute approximate surface area is 161 Å². The fourth-order valence-corrected chi connectivity index (χ4v) is 3.13. The number of nitrogens with one attached hydrogen (secondary N) is 2. The quantitative estimate of drug-likeness (QED) is 0.493. The predicted molar refractivity (Wildman–Crippen MR) is 105 cm³/mol. The van der Waals surface area contributed by atoms with Crippen molar-refractivity contribution >= 4 is 46.1 Å². The molecule has 0 spiro atoms. The minimum Gasteiger partial charge on any atom is -0.361 e. The van der Waals surface area contributed by atoms with Crippen molar-refractivity contribution in [2.75, 3.05) is 6.54 Å². The van der Waals surface area contributed by atoms with Gasteiger partial charge in [-0.3, -0.25) is 4.79 Å². The van der Waals surface area contributed by atoms with Gasteiger partial charge < -0.3 is 10.3 Å². The van der Waals surface area contributed by atoms with Crippen molar-refractivity contribution in [3.63, 3.8) is 0 Å². The minimum atomic E-state index is -0.432. The molecule has 3 aromatic rings.